The summed E-state index contributed by atoms with van der Waals surface area (Å²) in [5, 5.41) is 9.47. The smallest absolute Gasteiger partial charge is 0.462 e. The molecule has 6 nitrogen and oxygen atoms in total. The first kappa shape index (κ1) is 18.4. The molecule has 1 N–H and O–H groups in total. The first-order valence-electron chi connectivity index (χ1n) is 6.63. The Balaban J connectivity index is 4.41. The molecule has 0 spiro atoms. The Bertz CT molecular complexity index is 333. The van der Waals surface area contributed by atoms with E-state index in [0.29, 0.717) is 12.8 Å². The third-order valence-electron chi connectivity index (χ3n) is 2.86. The average Bonchev–Trinajstić information content (AvgIpc) is 2.45. The van der Waals surface area contributed by atoms with Crippen LogP contribution in [0.15, 0.2) is 12.2 Å². The topological polar surface area (TPSA) is 82.1 Å². The highest BCUT2D eigenvalue weighted by Crippen LogP contribution is 2.23. The van der Waals surface area contributed by atoms with Crippen molar-refractivity contribution in [3.05, 3.63) is 12.2 Å². The number of rotatable bonds is 9. The molecule has 0 bridgehead atoms. The lowest BCUT2D eigenvalue weighted by Gasteiger charge is -2.29. The highest BCUT2D eigenvalue weighted by atomic mass is 16.7. The van der Waals surface area contributed by atoms with Gasteiger partial charge in [-0.15, -0.1) is 0 Å². The minimum Gasteiger partial charge on any atom is -0.462 e. The molecule has 6 heteroatoms. The number of carbonyl (C=O) groups is 2. The Kier molecular flexibility index (Phi) is 8.63. The summed E-state index contributed by atoms with van der Waals surface area (Å²) in [5.74, 6) is -0.537. The number of aliphatic hydroxyl groups excluding tert-OH is 1. The molecule has 1 atom stereocenters. The van der Waals surface area contributed by atoms with E-state index in [-0.39, 0.29) is 32.0 Å². The van der Waals surface area contributed by atoms with Gasteiger partial charge in [-0.3, -0.25) is 0 Å². The molecule has 0 aliphatic heterocycles. The SMILES string of the molecule is C=C(C)C(=O)OCC(CC)(CO)COC(=O)OCCC. The van der Waals surface area contributed by atoms with Crippen LogP contribution in [0, 0.1) is 5.41 Å². The molecule has 0 amide bonds. The average molecular weight is 288 g/mol. The minimum atomic E-state index is -0.823. The van der Waals surface area contributed by atoms with Crippen LogP contribution in [0.4, 0.5) is 4.79 Å². The molecule has 0 aliphatic carbocycles. The predicted molar refractivity (Wildman–Crippen MR) is 73.2 cm³/mol. The zero-order valence-electron chi connectivity index (χ0n) is 12.4. The monoisotopic (exact) mass is 288 g/mol. The fraction of sp³-hybridized carbons (Fsp3) is 0.714. The normalized spacial score (nSPS) is 13.2. The molecule has 0 aromatic heterocycles. The molecule has 0 heterocycles. The van der Waals surface area contributed by atoms with E-state index in [4.69, 9.17) is 14.2 Å². The molecule has 0 rings (SSSR count). The molecule has 0 saturated heterocycles. The molecule has 0 fully saturated rings. The maximum atomic E-state index is 11.4. The van der Waals surface area contributed by atoms with Crippen LogP contribution < -0.4 is 0 Å². The Labute approximate surface area is 119 Å². The van der Waals surface area contributed by atoms with Crippen LogP contribution in [0.2, 0.25) is 0 Å². The molecule has 20 heavy (non-hydrogen) atoms. The fourth-order valence-electron chi connectivity index (χ4n) is 1.23. The molecular formula is C14H24O6. The van der Waals surface area contributed by atoms with Crippen molar-refractivity contribution >= 4 is 12.1 Å². The third kappa shape index (κ3) is 6.56. The van der Waals surface area contributed by atoms with Crippen molar-refractivity contribution in [3.63, 3.8) is 0 Å². The zero-order chi connectivity index (χ0) is 15.6. The van der Waals surface area contributed by atoms with E-state index in [1.165, 1.54) is 6.92 Å². The number of esters is 1. The number of aliphatic hydroxyl groups is 1. The van der Waals surface area contributed by atoms with Gasteiger partial charge in [0, 0.05) is 5.57 Å². The van der Waals surface area contributed by atoms with E-state index < -0.39 is 17.5 Å². The van der Waals surface area contributed by atoms with Crippen LogP contribution >= 0.6 is 0 Å². The lowest BCUT2D eigenvalue weighted by molar-refractivity contribution is -0.145. The van der Waals surface area contributed by atoms with E-state index >= 15 is 0 Å². The Morgan fingerprint density at radius 2 is 1.75 bits per heavy atom. The van der Waals surface area contributed by atoms with Gasteiger partial charge in [0.05, 0.1) is 18.6 Å². The van der Waals surface area contributed by atoms with E-state index in [0.717, 1.165) is 0 Å². The van der Waals surface area contributed by atoms with Crippen LogP contribution in [0.3, 0.4) is 0 Å². The molecule has 1 unspecified atom stereocenters. The quantitative estimate of drug-likeness (QED) is 0.516. The number of carbonyl (C=O) groups excluding carboxylic acids is 2. The van der Waals surface area contributed by atoms with Crippen molar-refractivity contribution in [1.29, 1.82) is 0 Å². The summed E-state index contributed by atoms with van der Waals surface area (Å²) in [5.41, 5.74) is -0.549. The molecular weight excluding hydrogens is 264 g/mol. The van der Waals surface area contributed by atoms with E-state index in [1.807, 2.05) is 13.8 Å². The lowest BCUT2D eigenvalue weighted by atomic mass is 9.88. The van der Waals surface area contributed by atoms with Gasteiger partial charge in [0.25, 0.3) is 0 Å². The largest absolute Gasteiger partial charge is 0.508 e. The Morgan fingerprint density at radius 1 is 1.15 bits per heavy atom. The highest BCUT2D eigenvalue weighted by Gasteiger charge is 2.32. The summed E-state index contributed by atoms with van der Waals surface area (Å²) in [7, 11) is 0. The van der Waals surface area contributed by atoms with Crippen LogP contribution in [0.1, 0.15) is 33.6 Å². The number of hydrogen-bond donors (Lipinski definition) is 1. The fourth-order valence-corrected chi connectivity index (χ4v) is 1.23. The summed E-state index contributed by atoms with van der Waals surface area (Å²) < 4.78 is 14.8. The van der Waals surface area contributed by atoms with Gasteiger partial charge in [-0.25, -0.2) is 9.59 Å². The molecule has 116 valence electrons. The van der Waals surface area contributed by atoms with Crippen LogP contribution in [0.5, 0.6) is 0 Å². The van der Waals surface area contributed by atoms with Gasteiger partial charge in [0.15, 0.2) is 0 Å². The minimum absolute atomic E-state index is 0.0489. The number of ether oxygens (including phenoxy) is 3. The molecule has 0 aliphatic rings. The summed E-state index contributed by atoms with van der Waals surface area (Å²) >= 11 is 0. The van der Waals surface area contributed by atoms with E-state index in [9.17, 15) is 14.7 Å². The summed E-state index contributed by atoms with van der Waals surface area (Å²) in [6.07, 6.45) is 0.391. The Hall–Kier alpha value is -1.56. The second kappa shape index (κ2) is 9.36. The number of hydrogen-bond acceptors (Lipinski definition) is 6. The van der Waals surface area contributed by atoms with E-state index in [2.05, 4.69) is 6.58 Å². The third-order valence-corrected chi connectivity index (χ3v) is 2.86. The van der Waals surface area contributed by atoms with Gasteiger partial charge in [0.1, 0.15) is 13.2 Å². The van der Waals surface area contributed by atoms with Gasteiger partial charge in [-0.2, -0.15) is 0 Å². The standard InChI is InChI=1S/C14H24O6/c1-5-7-18-13(17)20-10-14(6-2,8-15)9-19-12(16)11(3)4/h15H,3,5-10H2,1-2,4H3. The summed E-state index contributed by atoms with van der Waals surface area (Å²) in [6.45, 7) is 8.57. The van der Waals surface area contributed by atoms with Crippen molar-refractivity contribution < 1.29 is 28.9 Å². The van der Waals surface area contributed by atoms with Crippen molar-refractivity contribution in [2.75, 3.05) is 26.4 Å². The molecule has 0 aromatic rings. The predicted octanol–water partition coefficient (Wildman–Crippen LogP) is 2.06. The molecule has 0 aromatic carbocycles. The summed E-state index contributed by atoms with van der Waals surface area (Å²) in [4.78, 5) is 22.6. The van der Waals surface area contributed by atoms with Crippen molar-refractivity contribution in [2.24, 2.45) is 5.41 Å². The zero-order valence-corrected chi connectivity index (χ0v) is 12.4. The Morgan fingerprint density at radius 3 is 2.20 bits per heavy atom. The molecule has 0 radical (unpaired) electrons. The van der Waals surface area contributed by atoms with E-state index in [1.54, 1.807) is 0 Å². The highest BCUT2D eigenvalue weighted by molar-refractivity contribution is 5.86. The van der Waals surface area contributed by atoms with Gasteiger partial charge in [-0.1, -0.05) is 20.4 Å². The maximum Gasteiger partial charge on any atom is 0.508 e. The maximum absolute atomic E-state index is 11.4. The second-order valence-corrected chi connectivity index (χ2v) is 4.76. The van der Waals surface area contributed by atoms with Crippen LogP contribution in [-0.2, 0) is 19.0 Å². The molecule has 0 saturated carbocycles. The summed E-state index contributed by atoms with van der Waals surface area (Å²) in [6, 6.07) is 0. The van der Waals surface area contributed by atoms with Gasteiger partial charge in [-0.05, 0) is 19.8 Å². The second-order valence-electron chi connectivity index (χ2n) is 4.76. The van der Waals surface area contributed by atoms with Gasteiger partial charge < -0.3 is 19.3 Å². The van der Waals surface area contributed by atoms with Crippen molar-refractivity contribution in [1.82, 2.24) is 0 Å². The van der Waals surface area contributed by atoms with Crippen LogP contribution in [-0.4, -0.2) is 43.7 Å². The lowest BCUT2D eigenvalue weighted by Crippen LogP contribution is -2.37. The van der Waals surface area contributed by atoms with Gasteiger partial charge in [0.2, 0.25) is 0 Å². The van der Waals surface area contributed by atoms with Crippen molar-refractivity contribution in [2.45, 2.75) is 33.6 Å². The van der Waals surface area contributed by atoms with Crippen molar-refractivity contribution in [3.8, 4) is 0 Å². The van der Waals surface area contributed by atoms with Gasteiger partial charge >= 0.3 is 12.1 Å². The first-order valence-corrected chi connectivity index (χ1v) is 6.63. The van der Waals surface area contributed by atoms with Crippen LogP contribution in [0.25, 0.3) is 0 Å². The first-order chi connectivity index (χ1) is 9.40.